The number of aryl methyl sites for hydroxylation is 1. The van der Waals surface area contributed by atoms with Crippen molar-refractivity contribution in [2.24, 2.45) is 0 Å². The van der Waals surface area contributed by atoms with Crippen molar-refractivity contribution in [1.29, 1.82) is 0 Å². The lowest BCUT2D eigenvalue weighted by Crippen LogP contribution is -2.11. The summed E-state index contributed by atoms with van der Waals surface area (Å²) in [6, 6.07) is 14.2. The molecule has 3 rings (SSSR count). The summed E-state index contributed by atoms with van der Waals surface area (Å²) in [5, 5.41) is 4.22. The molecule has 0 unspecified atom stereocenters. The molecule has 0 fully saturated rings. The molecular formula is C20H15ClN2O2S. The van der Waals surface area contributed by atoms with Crippen molar-refractivity contribution in [3.63, 3.8) is 0 Å². The molecule has 0 saturated heterocycles. The molecule has 0 atom stereocenters. The summed E-state index contributed by atoms with van der Waals surface area (Å²) in [7, 11) is 0. The summed E-state index contributed by atoms with van der Waals surface area (Å²) in [6.45, 7) is 2.09. The number of benzene rings is 2. The molecule has 1 N–H and O–H groups in total. The number of ether oxygens (including phenoxy) is 1. The molecule has 4 nitrogen and oxygen atoms in total. The van der Waals surface area contributed by atoms with E-state index in [0.717, 1.165) is 5.01 Å². The highest BCUT2D eigenvalue weighted by molar-refractivity contribution is 7.13. The van der Waals surface area contributed by atoms with Gasteiger partial charge in [0.15, 0.2) is 0 Å². The van der Waals surface area contributed by atoms with Crippen molar-refractivity contribution in [3.8, 4) is 18.1 Å². The van der Waals surface area contributed by atoms with Crippen LogP contribution in [-0.4, -0.2) is 10.9 Å². The number of carbonyl (C=O) groups is 1. The first-order valence-corrected chi connectivity index (χ1v) is 8.97. The fourth-order valence-corrected chi connectivity index (χ4v) is 3.27. The third kappa shape index (κ3) is 4.42. The minimum atomic E-state index is -0.216. The predicted octanol–water partition coefficient (Wildman–Crippen LogP) is 4.92. The third-order valence-electron chi connectivity index (χ3n) is 3.51. The van der Waals surface area contributed by atoms with Gasteiger partial charge in [-0.3, -0.25) is 4.79 Å². The number of hydrogen-bond acceptors (Lipinski definition) is 4. The second kappa shape index (κ2) is 8.05. The Kier molecular flexibility index (Phi) is 5.57. The van der Waals surface area contributed by atoms with Crippen molar-refractivity contribution >= 4 is 34.5 Å². The quantitative estimate of drug-likeness (QED) is 0.637. The van der Waals surface area contributed by atoms with Crippen LogP contribution in [-0.2, 0) is 6.61 Å². The van der Waals surface area contributed by atoms with E-state index in [1.54, 1.807) is 55.5 Å². The van der Waals surface area contributed by atoms with Crippen LogP contribution in [0.4, 0.5) is 5.69 Å². The largest absolute Gasteiger partial charge is 0.486 e. The summed E-state index contributed by atoms with van der Waals surface area (Å²) in [4.78, 5) is 17.5. The summed E-state index contributed by atoms with van der Waals surface area (Å²) in [5.74, 6) is 3.02. The standard InChI is InChI=1S/C20H15ClN2O2S/c1-3-14-5-4-6-16(11-14)23-20(24)19-13(2)22-18(26-19)12-25-17-9-7-15(21)8-10-17/h1,4-11H,12H2,2H3,(H,23,24). The number of thiazole rings is 1. The molecule has 130 valence electrons. The van der Waals surface area contributed by atoms with Gasteiger partial charge in [0.1, 0.15) is 22.2 Å². The van der Waals surface area contributed by atoms with Crippen LogP contribution < -0.4 is 10.1 Å². The Hall–Kier alpha value is -2.81. The molecule has 0 spiro atoms. The number of carbonyl (C=O) groups excluding carboxylic acids is 1. The number of anilines is 1. The highest BCUT2D eigenvalue weighted by Gasteiger charge is 2.16. The van der Waals surface area contributed by atoms with Gasteiger partial charge in [0.2, 0.25) is 0 Å². The predicted molar refractivity (Wildman–Crippen MR) is 105 cm³/mol. The second-order valence-electron chi connectivity index (χ2n) is 5.44. The zero-order valence-electron chi connectivity index (χ0n) is 14.0. The fourth-order valence-electron chi connectivity index (χ4n) is 2.28. The lowest BCUT2D eigenvalue weighted by Gasteiger charge is -2.04. The Morgan fingerprint density at radius 3 is 2.81 bits per heavy atom. The van der Waals surface area contributed by atoms with Crippen LogP contribution >= 0.6 is 22.9 Å². The molecule has 0 aliphatic carbocycles. The van der Waals surface area contributed by atoms with Crippen molar-refractivity contribution in [1.82, 2.24) is 4.98 Å². The Labute approximate surface area is 160 Å². The molecule has 0 aliphatic rings. The van der Waals surface area contributed by atoms with Gasteiger partial charge < -0.3 is 10.1 Å². The van der Waals surface area contributed by atoms with Gasteiger partial charge in [-0.2, -0.15) is 0 Å². The number of aromatic nitrogens is 1. The lowest BCUT2D eigenvalue weighted by molar-refractivity contribution is 0.103. The smallest absolute Gasteiger partial charge is 0.267 e. The zero-order chi connectivity index (χ0) is 18.5. The van der Waals surface area contributed by atoms with Crippen LogP contribution in [0.2, 0.25) is 5.02 Å². The SMILES string of the molecule is C#Cc1cccc(NC(=O)c2sc(COc3ccc(Cl)cc3)nc2C)c1. The normalized spacial score (nSPS) is 10.2. The summed E-state index contributed by atoms with van der Waals surface area (Å²) >= 11 is 7.16. The Morgan fingerprint density at radius 2 is 2.08 bits per heavy atom. The van der Waals surface area contributed by atoms with Crippen molar-refractivity contribution < 1.29 is 9.53 Å². The van der Waals surface area contributed by atoms with Gasteiger partial charge in [-0.1, -0.05) is 23.6 Å². The van der Waals surface area contributed by atoms with Crippen LogP contribution in [0, 0.1) is 19.3 Å². The van der Waals surface area contributed by atoms with E-state index in [-0.39, 0.29) is 12.5 Å². The van der Waals surface area contributed by atoms with Gasteiger partial charge in [0.05, 0.1) is 5.69 Å². The zero-order valence-corrected chi connectivity index (χ0v) is 15.5. The first-order valence-electron chi connectivity index (χ1n) is 7.78. The van der Waals surface area contributed by atoms with Crippen LogP contribution in [0.5, 0.6) is 5.75 Å². The molecule has 1 aromatic heterocycles. The van der Waals surface area contributed by atoms with E-state index in [1.807, 2.05) is 0 Å². The number of halogens is 1. The van der Waals surface area contributed by atoms with Crippen LogP contribution in [0.15, 0.2) is 48.5 Å². The highest BCUT2D eigenvalue weighted by Crippen LogP contribution is 2.22. The van der Waals surface area contributed by atoms with Crippen LogP contribution in [0.25, 0.3) is 0 Å². The van der Waals surface area contributed by atoms with E-state index in [2.05, 4.69) is 16.2 Å². The van der Waals surface area contributed by atoms with Gasteiger partial charge in [0, 0.05) is 16.3 Å². The number of nitrogens with zero attached hydrogens (tertiary/aromatic N) is 1. The average molecular weight is 383 g/mol. The molecule has 0 aliphatic heterocycles. The molecule has 0 saturated carbocycles. The summed E-state index contributed by atoms with van der Waals surface area (Å²) in [5.41, 5.74) is 2.02. The molecule has 0 bridgehead atoms. The van der Waals surface area contributed by atoms with Gasteiger partial charge >= 0.3 is 0 Å². The van der Waals surface area contributed by atoms with Gasteiger partial charge in [-0.15, -0.1) is 17.8 Å². The van der Waals surface area contributed by atoms with Crippen molar-refractivity contribution in [3.05, 3.63) is 74.7 Å². The first kappa shape index (κ1) is 18.0. The Balaban J connectivity index is 1.67. The first-order chi connectivity index (χ1) is 12.5. The van der Waals surface area contributed by atoms with Gasteiger partial charge in [-0.25, -0.2) is 4.98 Å². The van der Waals surface area contributed by atoms with Crippen molar-refractivity contribution in [2.45, 2.75) is 13.5 Å². The van der Waals surface area contributed by atoms with E-state index in [4.69, 9.17) is 22.8 Å². The maximum absolute atomic E-state index is 12.5. The molecule has 26 heavy (non-hydrogen) atoms. The molecular weight excluding hydrogens is 368 g/mol. The van der Waals surface area contributed by atoms with Gasteiger partial charge in [0.25, 0.3) is 5.91 Å². The lowest BCUT2D eigenvalue weighted by atomic mass is 10.2. The topological polar surface area (TPSA) is 51.2 Å². The van der Waals surface area contributed by atoms with E-state index >= 15 is 0 Å². The molecule has 0 radical (unpaired) electrons. The number of rotatable bonds is 5. The van der Waals surface area contributed by atoms with Crippen LogP contribution in [0.1, 0.15) is 25.9 Å². The Bertz CT molecular complexity index is 974. The van der Waals surface area contributed by atoms with Crippen LogP contribution in [0.3, 0.4) is 0 Å². The third-order valence-corrected chi connectivity index (χ3v) is 4.89. The molecule has 2 aromatic carbocycles. The monoisotopic (exact) mass is 382 g/mol. The molecule has 1 amide bonds. The number of terminal acetylenes is 1. The maximum atomic E-state index is 12.5. The number of hydrogen-bond donors (Lipinski definition) is 1. The minimum Gasteiger partial charge on any atom is -0.486 e. The summed E-state index contributed by atoms with van der Waals surface area (Å²) < 4.78 is 5.68. The fraction of sp³-hybridized carbons (Fsp3) is 0.100. The average Bonchev–Trinajstić information content (AvgIpc) is 3.02. The molecule has 6 heteroatoms. The minimum absolute atomic E-state index is 0.216. The highest BCUT2D eigenvalue weighted by atomic mass is 35.5. The maximum Gasteiger partial charge on any atom is 0.267 e. The second-order valence-corrected chi connectivity index (χ2v) is 6.96. The van der Waals surface area contributed by atoms with E-state index in [9.17, 15) is 4.79 Å². The van der Waals surface area contributed by atoms with E-state index < -0.39 is 0 Å². The number of amides is 1. The van der Waals surface area contributed by atoms with Gasteiger partial charge in [-0.05, 0) is 49.4 Å². The van der Waals surface area contributed by atoms with E-state index in [0.29, 0.717) is 32.6 Å². The van der Waals surface area contributed by atoms with Crippen molar-refractivity contribution in [2.75, 3.05) is 5.32 Å². The number of nitrogens with one attached hydrogen (secondary N) is 1. The van der Waals surface area contributed by atoms with E-state index in [1.165, 1.54) is 11.3 Å². The summed E-state index contributed by atoms with van der Waals surface area (Å²) in [6.07, 6.45) is 5.39. The Morgan fingerprint density at radius 1 is 1.31 bits per heavy atom. The molecule has 3 aromatic rings. The molecule has 1 heterocycles.